The van der Waals surface area contributed by atoms with Crippen molar-refractivity contribution in [3.8, 4) is 5.69 Å². The molecule has 1 aliphatic heterocycles. The quantitative estimate of drug-likeness (QED) is 0.626. The van der Waals surface area contributed by atoms with Gasteiger partial charge in [-0.25, -0.2) is 9.07 Å². The Morgan fingerprint density at radius 1 is 1.08 bits per heavy atom. The zero-order valence-electron chi connectivity index (χ0n) is 14.1. The van der Waals surface area contributed by atoms with Crippen molar-refractivity contribution in [1.82, 2.24) is 9.78 Å². The van der Waals surface area contributed by atoms with Gasteiger partial charge in [-0.15, -0.1) is 0 Å². The van der Waals surface area contributed by atoms with Crippen molar-refractivity contribution in [2.24, 2.45) is 0 Å². The highest BCUT2D eigenvalue weighted by atomic mass is 35.5. The van der Waals surface area contributed by atoms with Crippen molar-refractivity contribution >= 4 is 29.0 Å². The summed E-state index contributed by atoms with van der Waals surface area (Å²) in [6.07, 6.45) is 3.56. The predicted molar refractivity (Wildman–Crippen MR) is 104 cm³/mol. The lowest BCUT2D eigenvalue weighted by Gasteiger charge is -2.10. The molecule has 0 atom stereocenters. The SMILES string of the molecule is Fc1ccccc1Cc1nn(-c2ccc(Cl)c(Cl)c2)c2c1CCCCN2. The van der Waals surface area contributed by atoms with Crippen LogP contribution in [0.3, 0.4) is 0 Å². The summed E-state index contributed by atoms with van der Waals surface area (Å²) in [6.45, 7) is 0.888. The van der Waals surface area contributed by atoms with Crippen LogP contribution in [-0.4, -0.2) is 16.3 Å². The number of nitrogens with zero attached hydrogens (tertiary/aromatic N) is 2. The Labute approximate surface area is 161 Å². The summed E-state index contributed by atoms with van der Waals surface area (Å²) in [4.78, 5) is 0. The van der Waals surface area contributed by atoms with E-state index in [4.69, 9.17) is 28.3 Å². The van der Waals surface area contributed by atoms with Gasteiger partial charge in [0.15, 0.2) is 0 Å². The third kappa shape index (κ3) is 3.31. The smallest absolute Gasteiger partial charge is 0.133 e. The Balaban J connectivity index is 1.81. The maximum Gasteiger partial charge on any atom is 0.133 e. The first-order chi connectivity index (χ1) is 12.6. The Kier molecular flexibility index (Phi) is 4.88. The Bertz CT molecular complexity index is 952. The molecule has 1 aliphatic rings. The van der Waals surface area contributed by atoms with Gasteiger partial charge in [-0.05, 0) is 49.1 Å². The van der Waals surface area contributed by atoms with Crippen LogP contribution in [0.5, 0.6) is 0 Å². The van der Waals surface area contributed by atoms with Crippen LogP contribution in [0.2, 0.25) is 10.0 Å². The molecule has 134 valence electrons. The number of anilines is 1. The minimum atomic E-state index is -0.202. The third-order valence-electron chi connectivity index (χ3n) is 4.68. The molecule has 1 N–H and O–H groups in total. The van der Waals surface area contributed by atoms with E-state index in [-0.39, 0.29) is 5.82 Å². The summed E-state index contributed by atoms with van der Waals surface area (Å²) in [5.41, 5.74) is 3.53. The van der Waals surface area contributed by atoms with Crippen molar-refractivity contribution in [2.45, 2.75) is 25.7 Å². The highest BCUT2D eigenvalue weighted by Gasteiger charge is 2.21. The van der Waals surface area contributed by atoms with Gasteiger partial charge in [0.2, 0.25) is 0 Å². The van der Waals surface area contributed by atoms with Gasteiger partial charge in [-0.1, -0.05) is 41.4 Å². The normalized spacial score (nSPS) is 13.8. The minimum Gasteiger partial charge on any atom is -0.370 e. The second-order valence-corrected chi connectivity index (χ2v) is 7.25. The molecular formula is C20H18Cl2FN3. The Morgan fingerprint density at radius 3 is 2.73 bits per heavy atom. The second kappa shape index (κ2) is 7.29. The van der Waals surface area contributed by atoms with Gasteiger partial charge in [0.25, 0.3) is 0 Å². The van der Waals surface area contributed by atoms with Gasteiger partial charge < -0.3 is 5.32 Å². The van der Waals surface area contributed by atoms with Gasteiger partial charge in [0.1, 0.15) is 11.6 Å². The van der Waals surface area contributed by atoms with E-state index in [1.807, 2.05) is 22.9 Å². The van der Waals surface area contributed by atoms with Crippen LogP contribution in [0.1, 0.15) is 29.7 Å². The van der Waals surface area contributed by atoms with Crippen molar-refractivity contribution < 1.29 is 4.39 Å². The molecule has 0 unspecified atom stereocenters. The van der Waals surface area contributed by atoms with Gasteiger partial charge in [0, 0.05) is 18.5 Å². The molecule has 0 saturated carbocycles. The molecule has 0 radical (unpaired) electrons. The van der Waals surface area contributed by atoms with E-state index in [1.165, 1.54) is 6.07 Å². The van der Waals surface area contributed by atoms with E-state index in [2.05, 4.69) is 5.32 Å². The Morgan fingerprint density at radius 2 is 1.92 bits per heavy atom. The average molecular weight is 390 g/mol. The van der Waals surface area contributed by atoms with E-state index in [9.17, 15) is 4.39 Å². The molecule has 0 amide bonds. The lowest BCUT2D eigenvalue weighted by molar-refractivity contribution is 0.612. The van der Waals surface area contributed by atoms with Gasteiger partial charge in [-0.2, -0.15) is 5.10 Å². The maximum absolute atomic E-state index is 14.1. The lowest BCUT2D eigenvalue weighted by Crippen LogP contribution is -2.07. The summed E-state index contributed by atoms with van der Waals surface area (Å²) in [7, 11) is 0. The number of aromatic nitrogens is 2. The molecular weight excluding hydrogens is 372 g/mol. The van der Waals surface area contributed by atoms with Crippen LogP contribution >= 0.6 is 23.2 Å². The zero-order valence-corrected chi connectivity index (χ0v) is 15.6. The average Bonchev–Trinajstić information content (AvgIpc) is 2.81. The summed E-state index contributed by atoms with van der Waals surface area (Å²) in [5.74, 6) is 0.763. The van der Waals surface area contributed by atoms with Crippen LogP contribution < -0.4 is 5.32 Å². The van der Waals surface area contributed by atoms with Crippen LogP contribution in [0.4, 0.5) is 10.2 Å². The van der Waals surface area contributed by atoms with Crippen LogP contribution in [-0.2, 0) is 12.8 Å². The first kappa shape index (κ1) is 17.4. The molecule has 0 fully saturated rings. The molecule has 3 nitrogen and oxygen atoms in total. The van der Waals surface area contributed by atoms with Crippen LogP contribution in [0.15, 0.2) is 42.5 Å². The molecule has 26 heavy (non-hydrogen) atoms. The number of nitrogens with one attached hydrogen (secondary N) is 1. The summed E-state index contributed by atoms with van der Waals surface area (Å²) in [6, 6.07) is 12.3. The highest BCUT2D eigenvalue weighted by Crippen LogP contribution is 2.32. The van der Waals surface area contributed by atoms with Crippen molar-refractivity contribution in [1.29, 1.82) is 0 Å². The Hall–Kier alpha value is -2.04. The number of halogens is 3. The summed E-state index contributed by atoms with van der Waals surface area (Å²) in [5, 5.41) is 9.27. The zero-order chi connectivity index (χ0) is 18.1. The van der Waals surface area contributed by atoms with E-state index >= 15 is 0 Å². The molecule has 0 bridgehead atoms. The first-order valence-electron chi connectivity index (χ1n) is 8.67. The predicted octanol–water partition coefficient (Wildman–Crippen LogP) is 5.66. The molecule has 2 heterocycles. The van der Waals surface area contributed by atoms with Gasteiger partial charge >= 0.3 is 0 Å². The molecule has 0 saturated heterocycles. The first-order valence-corrected chi connectivity index (χ1v) is 9.42. The van der Waals surface area contributed by atoms with E-state index in [0.717, 1.165) is 48.6 Å². The molecule has 1 aromatic heterocycles. The van der Waals surface area contributed by atoms with E-state index in [1.54, 1.807) is 18.2 Å². The lowest BCUT2D eigenvalue weighted by atomic mass is 10.0. The molecule has 0 spiro atoms. The van der Waals surface area contributed by atoms with Crippen molar-refractivity contribution in [2.75, 3.05) is 11.9 Å². The summed E-state index contributed by atoms with van der Waals surface area (Å²) < 4.78 is 16.0. The molecule has 4 rings (SSSR count). The fourth-order valence-electron chi connectivity index (χ4n) is 3.34. The highest BCUT2D eigenvalue weighted by molar-refractivity contribution is 6.42. The molecule has 3 aromatic rings. The van der Waals surface area contributed by atoms with E-state index in [0.29, 0.717) is 22.0 Å². The largest absolute Gasteiger partial charge is 0.370 e. The van der Waals surface area contributed by atoms with E-state index < -0.39 is 0 Å². The standard InChI is InChI=1S/C20H18Cl2FN3/c21-16-9-8-14(12-17(16)22)26-20-15(6-3-4-10-24-20)19(25-26)11-13-5-1-2-7-18(13)23/h1-2,5,7-9,12,24H,3-4,6,10-11H2. The number of hydrogen-bond donors (Lipinski definition) is 1. The number of rotatable bonds is 3. The minimum absolute atomic E-state index is 0.202. The van der Waals surface area contributed by atoms with Crippen LogP contribution in [0.25, 0.3) is 5.69 Å². The number of benzene rings is 2. The molecule has 6 heteroatoms. The van der Waals surface area contributed by atoms with Crippen molar-refractivity contribution in [3.05, 3.63) is 75.1 Å². The number of fused-ring (bicyclic) bond motifs is 1. The molecule has 0 aliphatic carbocycles. The maximum atomic E-state index is 14.1. The van der Waals surface area contributed by atoms with Crippen molar-refractivity contribution in [3.63, 3.8) is 0 Å². The molecule has 2 aromatic carbocycles. The van der Waals surface area contributed by atoms with Gasteiger partial charge in [0.05, 0.1) is 21.4 Å². The fraction of sp³-hybridized carbons (Fsp3) is 0.250. The second-order valence-electron chi connectivity index (χ2n) is 6.44. The van der Waals surface area contributed by atoms with Crippen LogP contribution in [0, 0.1) is 5.82 Å². The fourth-order valence-corrected chi connectivity index (χ4v) is 3.63. The summed E-state index contributed by atoms with van der Waals surface area (Å²) >= 11 is 12.2. The number of hydrogen-bond acceptors (Lipinski definition) is 2. The monoisotopic (exact) mass is 389 g/mol. The third-order valence-corrected chi connectivity index (χ3v) is 5.42. The topological polar surface area (TPSA) is 29.9 Å². The van der Waals surface area contributed by atoms with Gasteiger partial charge in [-0.3, -0.25) is 0 Å².